The molecule has 1 N–H and O–H groups in total. The molecule has 1 atom stereocenters. The Kier molecular flexibility index (Phi) is 3.49. The fourth-order valence-corrected chi connectivity index (χ4v) is 2.04. The van der Waals surface area contributed by atoms with E-state index in [1.165, 1.54) is 30.6 Å². The molecule has 1 aliphatic rings. The van der Waals surface area contributed by atoms with E-state index in [-0.39, 0.29) is 0 Å². The summed E-state index contributed by atoms with van der Waals surface area (Å²) in [6.45, 7) is 3.42. The zero-order valence-electron chi connectivity index (χ0n) is 10.5. The standard InChI is InChI=1S/C14H22N2/c1-11(15-10-12-8-9-12)13-6-4-5-7-14(13)16(2)3/h4-7,11-12,15H,8-10H2,1-3H3. The first-order valence-electron chi connectivity index (χ1n) is 6.18. The van der Waals surface area contributed by atoms with Crippen LogP contribution in [-0.2, 0) is 0 Å². The maximum absolute atomic E-state index is 3.63. The van der Waals surface area contributed by atoms with Crippen molar-refractivity contribution in [2.24, 2.45) is 5.92 Å². The summed E-state index contributed by atoms with van der Waals surface area (Å²) in [6.07, 6.45) is 2.82. The van der Waals surface area contributed by atoms with Gasteiger partial charge >= 0.3 is 0 Å². The molecule has 1 aliphatic carbocycles. The second-order valence-electron chi connectivity index (χ2n) is 5.03. The van der Waals surface area contributed by atoms with E-state index < -0.39 is 0 Å². The summed E-state index contributed by atoms with van der Waals surface area (Å²) in [4.78, 5) is 2.19. The average Bonchev–Trinajstić information content (AvgIpc) is 3.09. The highest BCUT2D eigenvalue weighted by Gasteiger charge is 2.22. The third-order valence-electron chi connectivity index (χ3n) is 3.29. The number of rotatable bonds is 5. The van der Waals surface area contributed by atoms with Gasteiger partial charge in [0.2, 0.25) is 0 Å². The third-order valence-corrected chi connectivity index (χ3v) is 3.29. The average molecular weight is 218 g/mol. The van der Waals surface area contributed by atoms with Gasteiger partial charge in [-0.3, -0.25) is 0 Å². The smallest absolute Gasteiger partial charge is 0.0409 e. The van der Waals surface area contributed by atoms with Crippen molar-refractivity contribution in [1.82, 2.24) is 5.32 Å². The minimum Gasteiger partial charge on any atom is -0.377 e. The van der Waals surface area contributed by atoms with Crippen molar-refractivity contribution in [2.75, 3.05) is 25.5 Å². The van der Waals surface area contributed by atoms with E-state index in [0.717, 1.165) is 5.92 Å². The highest BCUT2D eigenvalue weighted by atomic mass is 15.1. The molecule has 0 bridgehead atoms. The van der Waals surface area contributed by atoms with Crippen molar-refractivity contribution in [3.8, 4) is 0 Å². The molecule has 88 valence electrons. The fourth-order valence-electron chi connectivity index (χ4n) is 2.04. The van der Waals surface area contributed by atoms with Gasteiger partial charge in [0.15, 0.2) is 0 Å². The minimum absolute atomic E-state index is 0.444. The van der Waals surface area contributed by atoms with Crippen LogP contribution in [-0.4, -0.2) is 20.6 Å². The first-order chi connectivity index (χ1) is 7.68. The molecule has 0 radical (unpaired) electrons. The molecule has 1 unspecified atom stereocenters. The van der Waals surface area contributed by atoms with Crippen LogP contribution in [0.4, 0.5) is 5.69 Å². The Labute approximate surface area is 98.7 Å². The van der Waals surface area contributed by atoms with Crippen LogP contribution in [0.5, 0.6) is 0 Å². The van der Waals surface area contributed by atoms with Crippen molar-refractivity contribution in [3.63, 3.8) is 0 Å². The predicted molar refractivity (Wildman–Crippen MR) is 69.9 cm³/mol. The van der Waals surface area contributed by atoms with E-state index in [0.29, 0.717) is 6.04 Å². The largest absolute Gasteiger partial charge is 0.377 e. The van der Waals surface area contributed by atoms with Crippen LogP contribution in [0.25, 0.3) is 0 Å². The Balaban J connectivity index is 2.04. The quantitative estimate of drug-likeness (QED) is 0.817. The van der Waals surface area contributed by atoms with E-state index in [1.54, 1.807) is 0 Å². The Bertz CT molecular complexity index is 342. The second kappa shape index (κ2) is 4.88. The lowest BCUT2D eigenvalue weighted by Gasteiger charge is -2.22. The molecule has 0 amide bonds. The number of hydrogen-bond donors (Lipinski definition) is 1. The molecule has 2 heteroatoms. The number of nitrogens with zero attached hydrogens (tertiary/aromatic N) is 1. The molecular weight excluding hydrogens is 196 g/mol. The SMILES string of the molecule is CC(NCC1CC1)c1ccccc1N(C)C. The molecule has 0 heterocycles. The van der Waals surface area contributed by atoms with Crippen LogP contribution in [0.15, 0.2) is 24.3 Å². The molecule has 0 aliphatic heterocycles. The van der Waals surface area contributed by atoms with Gasteiger partial charge in [-0.25, -0.2) is 0 Å². The molecule has 16 heavy (non-hydrogen) atoms. The second-order valence-corrected chi connectivity index (χ2v) is 5.03. The van der Waals surface area contributed by atoms with Gasteiger partial charge in [-0.15, -0.1) is 0 Å². The van der Waals surface area contributed by atoms with Gasteiger partial charge in [-0.1, -0.05) is 18.2 Å². The normalized spacial score (nSPS) is 17.2. The molecule has 2 nitrogen and oxygen atoms in total. The van der Waals surface area contributed by atoms with Crippen LogP contribution in [0, 0.1) is 5.92 Å². The van der Waals surface area contributed by atoms with Crippen molar-refractivity contribution in [3.05, 3.63) is 29.8 Å². The first-order valence-corrected chi connectivity index (χ1v) is 6.18. The van der Waals surface area contributed by atoms with Crippen molar-refractivity contribution >= 4 is 5.69 Å². The number of para-hydroxylation sites is 1. The molecule has 0 aromatic heterocycles. The maximum atomic E-state index is 3.63. The van der Waals surface area contributed by atoms with Gasteiger partial charge in [0.05, 0.1) is 0 Å². The first kappa shape index (κ1) is 11.5. The highest BCUT2D eigenvalue weighted by Crippen LogP contribution is 2.30. The summed E-state index contributed by atoms with van der Waals surface area (Å²) in [5.41, 5.74) is 2.71. The van der Waals surface area contributed by atoms with Gasteiger partial charge in [-0.2, -0.15) is 0 Å². The Hall–Kier alpha value is -1.02. The van der Waals surface area contributed by atoms with Gasteiger partial charge in [0.25, 0.3) is 0 Å². The summed E-state index contributed by atoms with van der Waals surface area (Å²) in [5.74, 6) is 0.939. The van der Waals surface area contributed by atoms with Crippen molar-refractivity contribution < 1.29 is 0 Å². The molecule has 0 spiro atoms. The van der Waals surface area contributed by atoms with Crippen LogP contribution < -0.4 is 10.2 Å². The molecular formula is C14H22N2. The van der Waals surface area contributed by atoms with Crippen LogP contribution in [0.2, 0.25) is 0 Å². The topological polar surface area (TPSA) is 15.3 Å². The van der Waals surface area contributed by atoms with Gasteiger partial charge < -0.3 is 10.2 Å². The number of anilines is 1. The molecule has 1 aromatic rings. The number of benzene rings is 1. The number of hydrogen-bond acceptors (Lipinski definition) is 2. The van der Waals surface area contributed by atoms with E-state index in [2.05, 4.69) is 55.5 Å². The molecule has 1 aromatic carbocycles. The van der Waals surface area contributed by atoms with E-state index >= 15 is 0 Å². The Morgan fingerprint density at radius 3 is 2.62 bits per heavy atom. The highest BCUT2D eigenvalue weighted by molar-refractivity contribution is 5.53. The molecule has 0 saturated heterocycles. The molecule has 2 rings (SSSR count). The maximum Gasteiger partial charge on any atom is 0.0409 e. The Morgan fingerprint density at radius 1 is 1.31 bits per heavy atom. The van der Waals surface area contributed by atoms with E-state index in [1.807, 2.05) is 0 Å². The molecule has 1 saturated carbocycles. The summed E-state index contributed by atoms with van der Waals surface area (Å²) < 4.78 is 0. The number of nitrogens with one attached hydrogen (secondary N) is 1. The fraction of sp³-hybridized carbons (Fsp3) is 0.571. The van der Waals surface area contributed by atoms with Crippen LogP contribution in [0.3, 0.4) is 0 Å². The predicted octanol–water partition coefficient (Wildman–Crippen LogP) is 2.81. The summed E-state index contributed by atoms with van der Waals surface area (Å²) in [5, 5.41) is 3.63. The lowest BCUT2D eigenvalue weighted by molar-refractivity contribution is 0.549. The van der Waals surface area contributed by atoms with E-state index in [4.69, 9.17) is 0 Å². The van der Waals surface area contributed by atoms with Crippen molar-refractivity contribution in [2.45, 2.75) is 25.8 Å². The lowest BCUT2D eigenvalue weighted by atomic mass is 10.1. The minimum atomic E-state index is 0.444. The summed E-state index contributed by atoms with van der Waals surface area (Å²) in [7, 11) is 4.21. The zero-order valence-corrected chi connectivity index (χ0v) is 10.5. The third kappa shape index (κ3) is 2.76. The van der Waals surface area contributed by atoms with Gasteiger partial charge in [0.1, 0.15) is 0 Å². The summed E-state index contributed by atoms with van der Waals surface area (Å²) in [6, 6.07) is 9.08. The van der Waals surface area contributed by atoms with Crippen LogP contribution in [0.1, 0.15) is 31.4 Å². The van der Waals surface area contributed by atoms with Crippen LogP contribution >= 0.6 is 0 Å². The monoisotopic (exact) mass is 218 g/mol. The lowest BCUT2D eigenvalue weighted by Crippen LogP contribution is -2.23. The van der Waals surface area contributed by atoms with Gasteiger partial charge in [0, 0.05) is 25.8 Å². The molecule has 1 fully saturated rings. The summed E-state index contributed by atoms with van der Waals surface area (Å²) >= 11 is 0. The van der Waals surface area contributed by atoms with E-state index in [9.17, 15) is 0 Å². The van der Waals surface area contributed by atoms with Gasteiger partial charge in [-0.05, 0) is 43.9 Å². The van der Waals surface area contributed by atoms with Crippen molar-refractivity contribution in [1.29, 1.82) is 0 Å². The zero-order chi connectivity index (χ0) is 11.5. The Morgan fingerprint density at radius 2 is 2.00 bits per heavy atom.